The summed E-state index contributed by atoms with van der Waals surface area (Å²) >= 11 is 1.93. The summed E-state index contributed by atoms with van der Waals surface area (Å²) in [5.41, 5.74) is 2.67. The van der Waals surface area contributed by atoms with E-state index in [1.807, 2.05) is 11.8 Å². The first-order valence-electron chi connectivity index (χ1n) is 6.39. The van der Waals surface area contributed by atoms with Gasteiger partial charge in [0, 0.05) is 22.7 Å². The van der Waals surface area contributed by atoms with E-state index in [0.717, 1.165) is 6.42 Å². The minimum atomic E-state index is -0.686. The molecule has 0 spiro atoms. The molecular weight excluding hydrogens is 246 g/mol. The zero-order valence-electron chi connectivity index (χ0n) is 10.3. The van der Waals surface area contributed by atoms with Gasteiger partial charge >= 0.3 is 5.97 Å². The zero-order valence-corrected chi connectivity index (χ0v) is 11.2. The van der Waals surface area contributed by atoms with E-state index in [0.29, 0.717) is 18.2 Å². The maximum atomic E-state index is 11.0. The molecular formula is C14H17NO2S. The van der Waals surface area contributed by atoms with Crippen LogP contribution < -0.4 is 5.32 Å². The number of rotatable bonds is 2. The molecule has 0 bridgehead atoms. The Kier molecular flexibility index (Phi) is 3.08. The molecule has 3 nitrogen and oxygen atoms in total. The van der Waals surface area contributed by atoms with Gasteiger partial charge in [0.05, 0.1) is 5.92 Å². The lowest BCUT2D eigenvalue weighted by atomic mass is 9.98. The smallest absolute Gasteiger partial charge is 0.307 e. The van der Waals surface area contributed by atoms with E-state index in [1.165, 1.54) is 16.0 Å². The zero-order chi connectivity index (χ0) is 12.7. The number of carbonyl (C=O) groups is 1. The summed E-state index contributed by atoms with van der Waals surface area (Å²) in [4.78, 5) is 12.3. The molecule has 4 heteroatoms. The molecule has 96 valence electrons. The Morgan fingerprint density at radius 3 is 3.06 bits per heavy atom. The highest BCUT2D eigenvalue weighted by atomic mass is 32.2. The molecule has 2 N–H and O–H groups in total. The summed E-state index contributed by atoms with van der Waals surface area (Å²) in [6.45, 7) is 2.83. The molecule has 1 aromatic rings. The Balaban J connectivity index is 1.78. The van der Waals surface area contributed by atoms with E-state index >= 15 is 0 Å². The Labute approximate surface area is 111 Å². The minimum Gasteiger partial charge on any atom is -0.481 e. The van der Waals surface area contributed by atoms with Crippen molar-refractivity contribution in [2.45, 2.75) is 36.0 Å². The number of thioether (sulfide) groups is 1. The molecule has 1 fully saturated rings. The van der Waals surface area contributed by atoms with Crippen LogP contribution >= 0.6 is 11.8 Å². The first-order chi connectivity index (χ1) is 8.63. The SMILES string of the molecule is CC1Cc2ccc(C3CC(C(=O)O)CN3)cc2S1. The van der Waals surface area contributed by atoms with Crippen molar-refractivity contribution in [1.29, 1.82) is 0 Å². The molecule has 0 saturated carbocycles. The number of hydrogen-bond donors (Lipinski definition) is 2. The van der Waals surface area contributed by atoms with Crippen LogP contribution in [0.1, 0.15) is 30.5 Å². The third-order valence-electron chi connectivity index (χ3n) is 3.81. The van der Waals surface area contributed by atoms with Gasteiger partial charge in [-0.3, -0.25) is 4.79 Å². The normalized spacial score (nSPS) is 30.4. The third kappa shape index (κ3) is 2.15. The summed E-state index contributed by atoms with van der Waals surface area (Å²) in [6, 6.07) is 6.80. The fourth-order valence-corrected chi connectivity index (χ4v) is 4.02. The van der Waals surface area contributed by atoms with Crippen molar-refractivity contribution in [2.24, 2.45) is 5.92 Å². The highest BCUT2D eigenvalue weighted by Gasteiger charge is 2.30. The van der Waals surface area contributed by atoms with E-state index in [2.05, 4.69) is 30.4 Å². The maximum Gasteiger partial charge on any atom is 0.307 e. The fourth-order valence-electron chi connectivity index (χ4n) is 2.81. The standard InChI is InChI=1S/C14H17NO2S/c1-8-4-10-3-2-9(6-13(10)18-8)12-5-11(7-15-12)14(16)17/h2-3,6,8,11-12,15H,4-5,7H2,1H3,(H,16,17). The number of nitrogens with one attached hydrogen (secondary N) is 1. The molecule has 0 radical (unpaired) electrons. The van der Waals surface area contributed by atoms with E-state index in [4.69, 9.17) is 5.11 Å². The van der Waals surface area contributed by atoms with Crippen LogP contribution in [0.25, 0.3) is 0 Å². The minimum absolute atomic E-state index is 0.202. The highest BCUT2D eigenvalue weighted by molar-refractivity contribution is 8.00. The number of fused-ring (bicyclic) bond motifs is 1. The number of carboxylic acid groups (broad SMARTS) is 1. The van der Waals surface area contributed by atoms with Crippen molar-refractivity contribution in [3.8, 4) is 0 Å². The lowest BCUT2D eigenvalue weighted by Crippen LogP contribution is -2.17. The molecule has 0 amide bonds. The first-order valence-corrected chi connectivity index (χ1v) is 7.27. The van der Waals surface area contributed by atoms with Crippen molar-refractivity contribution < 1.29 is 9.90 Å². The topological polar surface area (TPSA) is 49.3 Å². The van der Waals surface area contributed by atoms with Gasteiger partial charge < -0.3 is 10.4 Å². The van der Waals surface area contributed by atoms with Gasteiger partial charge in [-0.15, -0.1) is 11.8 Å². The van der Waals surface area contributed by atoms with Crippen LogP contribution in [0.4, 0.5) is 0 Å². The van der Waals surface area contributed by atoms with Gasteiger partial charge in [-0.2, -0.15) is 0 Å². The summed E-state index contributed by atoms with van der Waals surface area (Å²) < 4.78 is 0. The molecule has 1 saturated heterocycles. The molecule has 0 aromatic heterocycles. The largest absolute Gasteiger partial charge is 0.481 e. The van der Waals surface area contributed by atoms with E-state index in [-0.39, 0.29) is 12.0 Å². The van der Waals surface area contributed by atoms with Gasteiger partial charge in [-0.05, 0) is 30.0 Å². The van der Waals surface area contributed by atoms with E-state index < -0.39 is 5.97 Å². The van der Waals surface area contributed by atoms with Crippen LogP contribution in [0.5, 0.6) is 0 Å². The van der Waals surface area contributed by atoms with Crippen LogP contribution in [0.3, 0.4) is 0 Å². The van der Waals surface area contributed by atoms with Crippen molar-refractivity contribution in [2.75, 3.05) is 6.54 Å². The predicted molar refractivity (Wildman–Crippen MR) is 72.0 cm³/mol. The first kappa shape index (κ1) is 12.1. The lowest BCUT2D eigenvalue weighted by Gasteiger charge is -2.12. The van der Waals surface area contributed by atoms with Crippen molar-refractivity contribution >= 4 is 17.7 Å². The molecule has 2 heterocycles. The monoisotopic (exact) mass is 263 g/mol. The van der Waals surface area contributed by atoms with E-state index in [9.17, 15) is 4.79 Å². The Bertz CT molecular complexity index is 489. The highest BCUT2D eigenvalue weighted by Crippen LogP contribution is 2.39. The molecule has 3 rings (SSSR count). The number of aliphatic carboxylic acids is 1. The Morgan fingerprint density at radius 1 is 1.50 bits per heavy atom. The summed E-state index contributed by atoms with van der Waals surface area (Å²) in [6.07, 6.45) is 1.85. The second-order valence-corrected chi connectivity index (χ2v) is 6.71. The maximum absolute atomic E-state index is 11.0. The van der Waals surface area contributed by atoms with Crippen LogP contribution in [-0.2, 0) is 11.2 Å². The van der Waals surface area contributed by atoms with Gasteiger partial charge in [0.2, 0.25) is 0 Å². The van der Waals surface area contributed by atoms with Crippen LogP contribution in [0, 0.1) is 5.92 Å². The molecule has 2 aliphatic heterocycles. The van der Waals surface area contributed by atoms with Crippen LogP contribution in [0.2, 0.25) is 0 Å². The predicted octanol–water partition coefficient (Wildman–Crippen LogP) is 2.46. The number of carboxylic acids is 1. The average Bonchev–Trinajstić information content (AvgIpc) is 2.91. The lowest BCUT2D eigenvalue weighted by molar-refractivity contribution is -0.141. The average molecular weight is 263 g/mol. The molecule has 2 aliphatic rings. The third-order valence-corrected chi connectivity index (χ3v) is 5.01. The Morgan fingerprint density at radius 2 is 2.33 bits per heavy atom. The van der Waals surface area contributed by atoms with E-state index in [1.54, 1.807) is 0 Å². The van der Waals surface area contributed by atoms with Gasteiger partial charge in [-0.25, -0.2) is 0 Å². The summed E-state index contributed by atoms with van der Waals surface area (Å²) in [5.74, 6) is -0.927. The van der Waals surface area contributed by atoms with Crippen LogP contribution in [-0.4, -0.2) is 22.9 Å². The van der Waals surface area contributed by atoms with Crippen molar-refractivity contribution in [3.63, 3.8) is 0 Å². The van der Waals surface area contributed by atoms with Gasteiger partial charge in [0.15, 0.2) is 0 Å². The summed E-state index contributed by atoms with van der Waals surface area (Å²) in [7, 11) is 0. The molecule has 0 aliphatic carbocycles. The molecule has 3 atom stereocenters. The van der Waals surface area contributed by atoms with Gasteiger partial charge in [0.1, 0.15) is 0 Å². The summed E-state index contributed by atoms with van der Waals surface area (Å²) in [5, 5.41) is 13.0. The molecule has 3 unspecified atom stereocenters. The second kappa shape index (κ2) is 4.59. The quantitative estimate of drug-likeness (QED) is 0.860. The fraction of sp³-hybridized carbons (Fsp3) is 0.500. The molecule has 18 heavy (non-hydrogen) atoms. The number of benzene rings is 1. The van der Waals surface area contributed by atoms with Crippen molar-refractivity contribution in [1.82, 2.24) is 5.32 Å². The second-order valence-electron chi connectivity index (χ2n) is 5.23. The van der Waals surface area contributed by atoms with Crippen LogP contribution in [0.15, 0.2) is 23.1 Å². The number of hydrogen-bond acceptors (Lipinski definition) is 3. The van der Waals surface area contributed by atoms with Gasteiger partial charge in [0.25, 0.3) is 0 Å². The Hall–Kier alpha value is -1.00. The van der Waals surface area contributed by atoms with Gasteiger partial charge in [-0.1, -0.05) is 19.1 Å². The van der Waals surface area contributed by atoms with Crippen molar-refractivity contribution in [3.05, 3.63) is 29.3 Å². The molecule has 1 aromatic carbocycles.